The van der Waals surface area contributed by atoms with Gasteiger partial charge < -0.3 is 5.11 Å². The van der Waals surface area contributed by atoms with Gasteiger partial charge in [0.15, 0.2) is 0 Å². The van der Waals surface area contributed by atoms with Crippen molar-refractivity contribution in [1.29, 1.82) is 0 Å². The molecule has 13 heavy (non-hydrogen) atoms. The molecule has 2 rings (SSSR count). The van der Waals surface area contributed by atoms with Gasteiger partial charge in [-0.3, -0.25) is 4.57 Å². The van der Waals surface area contributed by atoms with Crippen molar-refractivity contribution in [2.45, 2.75) is 13.5 Å². The predicted molar refractivity (Wildman–Crippen MR) is 47.7 cm³/mol. The van der Waals surface area contributed by atoms with Gasteiger partial charge in [-0.15, -0.1) is 0 Å². The number of aryl methyl sites for hydroxylation is 1. The van der Waals surface area contributed by atoms with Crippen LogP contribution in [0.3, 0.4) is 0 Å². The maximum atomic E-state index is 8.79. The van der Waals surface area contributed by atoms with Gasteiger partial charge in [0.25, 0.3) is 0 Å². The summed E-state index contributed by atoms with van der Waals surface area (Å²) in [5.41, 5.74) is 0.632. The van der Waals surface area contributed by atoms with E-state index in [4.69, 9.17) is 5.11 Å². The summed E-state index contributed by atoms with van der Waals surface area (Å²) < 4.78 is 5.79. The molecule has 0 aliphatic rings. The van der Waals surface area contributed by atoms with Gasteiger partial charge >= 0.3 is 0 Å². The Bertz CT molecular complexity index is 408. The van der Waals surface area contributed by atoms with Crippen LogP contribution in [0.4, 0.5) is 0 Å². The SMILES string of the molecule is Cc1nsc(-n2cnc(CO)c2)n1. The average Bonchev–Trinajstić information content (AvgIpc) is 2.71. The number of hydrogen-bond acceptors (Lipinski definition) is 5. The highest BCUT2D eigenvalue weighted by atomic mass is 32.1. The molecule has 0 spiro atoms. The summed E-state index contributed by atoms with van der Waals surface area (Å²) in [6.45, 7) is 1.79. The van der Waals surface area contributed by atoms with Gasteiger partial charge in [0.1, 0.15) is 12.2 Å². The number of imidazole rings is 1. The van der Waals surface area contributed by atoms with Gasteiger partial charge in [0.2, 0.25) is 5.13 Å². The summed E-state index contributed by atoms with van der Waals surface area (Å²) in [6, 6.07) is 0. The van der Waals surface area contributed by atoms with Crippen molar-refractivity contribution in [2.75, 3.05) is 0 Å². The molecule has 0 aromatic carbocycles. The minimum atomic E-state index is -0.0508. The normalized spacial score (nSPS) is 10.6. The molecule has 2 aromatic rings. The van der Waals surface area contributed by atoms with E-state index in [1.807, 2.05) is 6.92 Å². The van der Waals surface area contributed by atoms with E-state index in [9.17, 15) is 0 Å². The highest BCUT2D eigenvalue weighted by molar-refractivity contribution is 7.08. The summed E-state index contributed by atoms with van der Waals surface area (Å²) in [5.74, 6) is 0.749. The van der Waals surface area contributed by atoms with Crippen LogP contribution in [-0.2, 0) is 6.61 Å². The van der Waals surface area contributed by atoms with Gasteiger partial charge in [0.05, 0.1) is 12.3 Å². The van der Waals surface area contributed by atoms with Crippen molar-refractivity contribution in [1.82, 2.24) is 18.9 Å². The Labute approximate surface area is 78.9 Å². The largest absolute Gasteiger partial charge is 0.390 e. The zero-order chi connectivity index (χ0) is 9.26. The van der Waals surface area contributed by atoms with Crippen molar-refractivity contribution in [3.63, 3.8) is 0 Å². The smallest absolute Gasteiger partial charge is 0.214 e. The molecule has 0 bridgehead atoms. The van der Waals surface area contributed by atoms with E-state index in [1.165, 1.54) is 11.5 Å². The Hall–Kier alpha value is -1.27. The Balaban J connectivity index is 2.35. The first-order valence-corrected chi connectivity index (χ1v) is 4.51. The van der Waals surface area contributed by atoms with E-state index in [-0.39, 0.29) is 6.61 Å². The maximum absolute atomic E-state index is 8.79. The highest BCUT2D eigenvalue weighted by Gasteiger charge is 2.03. The molecule has 5 nitrogen and oxygen atoms in total. The fraction of sp³-hybridized carbons (Fsp3) is 0.286. The van der Waals surface area contributed by atoms with Gasteiger partial charge in [-0.25, -0.2) is 9.97 Å². The van der Waals surface area contributed by atoms with E-state index in [0.717, 1.165) is 11.0 Å². The monoisotopic (exact) mass is 196 g/mol. The predicted octanol–water partition coefficient (Wildman–Crippen LogP) is 0.525. The molecule has 0 amide bonds. The molecule has 0 aliphatic heterocycles. The van der Waals surface area contributed by atoms with Crippen molar-refractivity contribution in [2.24, 2.45) is 0 Å². The van der Waals surface area contributed by atoms with Crippen molar-refractivity contribution < 1.29 is 5.11 Å². The van der Waals surface area contributed by atoms with E-state index in [0.29, 0.717) is 5.69 Å². The fourth-order valence-corrected chi connectivity index (χ4v) is 1.56. The fourth-order valence-electron chi connectivity index (χ4n) is 0.941. The molecule has 0 saturated heterocycles. The Morgan fingerprint density at radius 1 is 1.62 bits per heavy atom. The summed E-state index contributed by atoms with van der Waals surface area (Å²) in [7, 11) is 0. The molecule has 0 radical (unpaired) electrons. The molecule has 0 atom stereocenters. The van der Waals surface area contributed by atoms with Crippen LogP contribution in [-0.4, -0.2) is 24.0 Å². The lowest BCUT2D eigenvalue weighted by atomic mass is 10.5. The zero-order valence-corrected chi connectivity index (χ0v) is 7.82. The molecule has 0 unspecified atom stereocenters. The maximum Gasteiger partial charge on any atom is 0.214 e. The van der Waals surface area contributed by atoms with Gasteiger partial charge in [-0.05, 0) is 6.92 Å². The van der Waals surface area contributed by atoms with Crippen LogP contribution >= 0.6 is 11.5 Å². The number of aromatic nitrogens is 4. The van der Waals surface area contributed by atoms with Gasteiger partial charge in [0, 0.05) is 17.7 Å². The van der Waals surface area contributed by atoms with Gasteiger partial charge in [-0.2, -0.15) is 4.37 Å². The Morgan fingerprint density at radius 3 is 3.00 bits per heavy atom. The quantitative estimate of drug-likeness (QED) is 0.760. The second-order valence-corrected chi connectivity index (χ2v) is 3.28. The molecule has 2 aromatic heterocycles. The van der Waals surface area contributed by atoms with Crippen LogP contribution in [0, 0.1) is 6.92 Å². The molecule has 0 fully saturated rings. The number of aliphatic hydroxyl groups excluding tert-OH is 1. The van der Waals surface area contributed by atoms with Crippen LogP contribution in [0.15, 0.2) is 12.5 Å². The first-order valence-electron chi connectivity index (χ1n) is 3.74. The van der Waals surface area contributed by atoms with Crippen LogP contribution in [0.5, 0.6) is 0 Å². The van der Waals surface area contributed by atoms with E-state index in [2.05, 4.69) is 14.3 Å². The third kappa shape index (κ3) is 1.58. The summed E-state index contributed by atoms with van der Waals surface area (Å²) >= 11 is 1.31. The van der Waals surface area contributed by atoms with Crippen LogP contribution in [0.2, 0.25) is 0 Å². The number of nitrogens with zero attached hydrogens (tertiary/aromatic N) is 4. The lowest BCUT2D eigenvalue weighted by Crippen LogP contribution is -1.88. The summed E-state index contributed by atoms with van der Waals surface area (Å²) in [5, 5.41) is 9.56. The lowest BCUT2D eigenvalue weighted by molar-refractivity contribution is 0.277. The average molecular weight is 196 g/mol. The number of hydrogen-bond donors (Lipinski definition) is 1. The highest BCUT2D eigenvalue weighted by Crippen LogP contribution is 2.10. The molecule has 2 heterocycles. The molecular weight excluding hydrogens is 188 g/mol. The topological polar surface area (TPSA) is 63.8 Å². The molecule has 68 valence electrons. The zero-order valence-electron chi connectivity index (χ0n) is 7.01. The third-order valence-electron chi connectivity index (χ3n) is 1.54. The van der Waals surface area contributed by atoms with E-state index in [1.54, 1.807) is 17.1 Å². The molecule has 0 aliphatic carbocycles. The van der Waals surface area contributed by atoms with Crippen LogP contribution < -0.4 is 0 Å². The molecular formula is C7H8N4OS. The summed E-state index contributed by atoms with van der Waals surface area (Å²) in [6.07, 6.45) is 3.35. The van der Waals surface area contributed by atoms with Crippen molar-refractivity contribution >= 4 is 11.5 Å². The standard InChI is InChI=1S/C7H8N4OS/c1-5-9-7(13-10-5)11-2-6(3-12)8-4-11/h2,4,12H,3H2,1H3. The second-order valence-electron chi connectivity index (χ2n) is 2.55. The van der Waals surface area contributed by atoms with E-state index < -0.39 is 0 Å². The van der Waals surface area contributed by atoms with Crippen LogP contribution in [0.1, 0.15) is 11.5 Å². The van der Waals surface area contributed by atoms with E-state index >= 15 is 0 Å². The molecule has 0 saturated carbocycles. The first-order chi connectivity index (χ1) is 6.29. The van der Waals surface area contributed by atoms with Crippen LogP contribution in [0.25, 0.3) is 5.13 Å². The minimum Gasteiger partial charge on any atom is -0.390 e. The Morgan fingerprint density at radius 2 is 2.46 bits per heavy atom. The molecule has 1 N–H and O–H groups in total. The third-order valence-corrected chi connectivity index (χ3v) is 2.36. The number of aliphatic hydroxyl groups is 1. The van der Waals surface area contributed by atoms with Crippen molar-refractivity contribution in [3.8, 4) is 5.13 Å². The first kappa shape index (κ1) is 8.33. The second kappa shape index (κ2) is 3.23. The summed E-state index contributed by atoms with van der Waals surface area (Å²) in [4.78, 5) is 8.15. The molecule has 6 heteroatoms. The minimum absolute atomic E-state index is 0.0508. The Kier molecular flexibility index (Phi) is 2.07. The number of rotatable bonds is 2. The van der Waals surface area contributed by atoms with Crippen molar-refractivity contribution in [3.05, 3.63) is 24.0 Å². The van der Waals surface area contributed by atoms with Gasteiger partial charge in [-0.1, -0.05) is 0 Å². The lowest BCUT2D eigenvalue weighted by Gasteiger charge is -1.90.